The van der Waals surface area contributed by atoms with Crippen LogP contribution in [0.5, 0.6) is 5.75 Å². The van der Waals surface area contributed by atoms with E-state index in [4.69, 9.17) is 4.74 Å². The summed E-state index contributed by atoms with van der Waals surface area (Å²) in [6.07, 6.45) is 1.02. The molecule has 0 fully saturated rings. The highest BCUT2D eigenvalue weighted by molar-refractivity contribution is 5.77. The van der Waals surface area contributed by atoms with Crippen molar-refractivity contribution in [1.29, 1.82) is 0 Å². The lowest BCUT2D eigenvalue weighted by atomic mass is 10.0. The van der Waals surface area contributed by atoms with Crippen LogP contribution >= 0.6 is 0 Å². The number of ether oxygens (including phenoxy) is 1. The Morgan fingerprint density at radius 3 is 2.81 bits per heavy atom. The zero-order chi connectivity index (χ0) is 12.0. The van der Waals surface area contributed by atoms with Crippen molar-refractivity contribution in [2.75, 3.05) is 13.7 Å². The zero-order valence-corrected chi connectivity index (χ0v) is 10.1. The van der Waals surface area contributed by atoms with Gasteiger partial charge in [-0.3, -0.25) is 4.79 Å². The number of nitrogens with one attached hydrogen (secondary N) is 1. The molecule has 1 aromatic carbocycles. The van der Waals surface area contributed by atoms with Crippen molar-refractivity contribution in [3.05, 3.63) is 29.8 Å². The second-order valence-corrected chi connectivity index (χ2v) is 4.21. The van der Waals surface area contributed by atoms with E-state index in [1.54, 1.807) is 7.05 Å². The van der Waals surface area contributed by atoms with Gasteiger partial charge in [0.15, 0.2) is 6.61 Å². The number of rotatable bonds is 5. The molecule has 1 rings (SSSR count). The number of likely N-dealkylation sites (N-methyl/N-ethyl adjacent to an activating group) is 1. The molecule has 3 heteroatoms. The molecule has 0 bridgehead atoms. The van der Waals surface area contributed by atoms with Gasteiger partial charge in [0, 0.05) is 7.05 Å². The van der Waals surface area contributed by atoms with Crippen molar-refractivity contribution in [2.45, 2.75) is 20.3 Å². The summed E-state index contributed by atoms with van der Waals surface area (Å²) < 4.78 is 5.37. The quantitative estimate of drug-likeness (QED) is 0.826. The minimum absolute atomic E-state index is 0.0711. The predicted octanol–water partition coefficient (Wildman–Crippen LogP) is 2.01. The first kappa shape index (κ1) is 12.6. The number of benzene rings is 1. The number of amides is 1. The van der Waals surface area contributed by atoms with E-state index in [0.717, 1.165) is 12.2 Å². The SMILES string of the molecule is CNC(=O)COc1cccc(CC(C)C)c1. The summed E-state index contributed by atoms with van der Waals surface area (Å²) in [5, 5.41) is 2.52. The summed E-state index contributed by atoms with van der Waals surface area (Å²) in [5.41, 5.74) is 1.24. The third-order valence-corrected chi connectivity index (χ3v) is 2.19. The molecule has 1 amide bonds. The topological polar surface area (TPSA) is 38.3 Å². The fourth-order valence-corrected chi connectivity index (χ4v) is 1.45. The summed E-state index contributed by atoms with van der Waals surface area (Å²) in [4.78, 5) is 11.0. The van der Waals surface area contributed by atoms with Crippen molar-refractivity contribution in [3.63, 3.8) is 0 Å². The van der Waals surface area contributed by atoms with E-state index in [0.29, 0.717) is 5.92 Å². The molecule has 0 unspecified atom stereocenters. The summed E-state index contributed by atoms with van der Waals surface area (Å²) >= 11 is 0. The molecule has 0 aliphatic heterocycles. The summed E-state index contributed by atoms with van der Waals surface area (Å²) in [7, 11) is 1.60. The first-order chi connectivity index (χ1) is 7.61. The van der Waals surface area contributed by atoms with Crippen LogP contribution in [0.1, 0.15) is 19.4 Å². The van der Waals surface area contributed by atoms with Crippen LogP contribution in [0.25, 0.3) is 0 Å². The smallest absolute Gasteiger partial charge is 0.257 e. The normalized spacial score (nSPS) is 10.2. The van der Waals surface area contributed by atoms with Crippen molar-refractivity contribution >= 4 is 5.91 Å². The van der Waals surface area contributed by atoms with Gasteiger partial charge in [-0.1, -0.05) is 26.0 Å². The second kappa shape index (κ2) is 6.16. The Kier molecular flexibility index (Phi) is 4.83. The molecule has 0 spiro atoms. The zero-order valence-electron chi connectivity index (χ0n) is 10.1. The van der Waals surface area contributed by atoms with Crippen molar-refractivity contribution < 1.29 is 9.53 Å². The van der Waals surface area contributed by atoms with E-state index in [9.17, 15) is 4.79 Å². The second-order valence-electron chi connectivity index (χ2n) is 4.21. The largest absolute Gasteiger partial charge is 0.484 e. The lowest BCUT2D eigenvalue weighted by molar-refractivity contribution is -0.122. The fraction of sp³-hybridized carbons (Fsp3) is 0.462. The molecule has 0 saturated heterocycles. The number of carbonyl (C=O) groups is 1. The Hall–Kier alpha value is -1.51. The highest BCUT2D eigenvalue weighted by Gasteiger charge is 2.02. The average molecular weight is 221 g/mol. The summed E-state index contributed by atoms with van der Waals surface area (Å²) in [6.45, 7) is 4.43. The van der Waals surface area contributed by atoms with Crippen LogP contribution in [0.2, 0.25) is 0 Å². The molecule has 0 aliphatic carbocycles. The van der Waals surface area contributed by atoms with Gasteiger partial charge in [0.05, 0.1) is 0 Å². The Bertz CT molecular complexity index is 348. The van der Waals surface area contributed by atoms with Crippen LogP contribution in [0.4, 0.5) is 0 Å². The molecular weight excluding hydrogens is 202 g/mol. The van der Waals surface area contributed by atoms with Crippen LogP contribution in [0.3, 0.4) is 0 Å². The fourth-order valence-electron chi connectivity index (χ4n) is 1.45. The minimum Gasteiger partial charge on any atom is -0.484 e. The number of hydrogen-bond donors (Lipinski definition) is 1. The molecule has 1 N–H and O–H groups in total. The van der Waals surface area contributed by atoms with Gasteiger partial charge in [-0.15, -0.1) is 0 Å². The van der Waals surface area contributed by atoms with Crippen LogP contribution in [0, 0.1) is 5.92 Å². The molecule has 0 saturated carbocycles. The maximum Gasteiger partial charge on any atom is 0.257 e. The molecule has 0 aromatic heterocycles. The molecule has 16 heavy (non-hydrogen) atoms. The average Bonchev–Trinajstić information content (AvgIpc) is 2.25. The van der Waals surface area contributed by atoms with E-state index in [1.165, 1.54) is 5.56 Å². The van der Waals surface area contributed by atoms with Gasteiger partial charge < -0.3 is 10.1 Å². The van der Waals surface area contributed by atoms with Gasteiger partial charge in [0.25, 0.3) is 5.91 Å². The van der Waals surface area contributed by atoms with Crippen molar-refractivity contribution in [3.8, 4) is 5.75 Å². The summed E-state index contributed by atoms with van der Waals surface area (Å²) in [5.74, 6) is 1.25. The van der Waals surface area contributed by atoms with E-state index in [2.05, 4.69) is 25.2 Å². The van der Waals surface area contributed by atoms with Crippen molar-refractivity contribution in [2.24, 2.45) is 5.92 Å². The third kappa shape index (κ3) is 4.34. The lowest BCUT2D eigenvalue weighted by Crippen LogP contribution is -2.24. The predicted molar refractivity (Wildman–Crippen MR) is 64.5 cm³/mol. The van der Waals surface area contributed by atoms with Crippen LogP contribution in [-0.2, 0) is 11.2 Å². The van der Waals surface area contributed by atoms with E-state index in [1.807, 2.05) is 18.2 Å². The van der Waals surface area contributed by atoms with Crippen LogP contribution in [0.15, 0.2) is 24.3 Å². The minimum atomic E-state index is -0.116. The molecule has 3 nitrogen and oxygen atoms in total. The molecule has 88 valence electrons. The summed E-state index contributed by atoms with van der Waals surface area (Å²) in [6, 6.07) is 7.89. The van der Waals surface area contributed by atoms with Gasteiger partial charge in [-0.2, -0.15) is 0 Å². The Morgan fingerprint density at radius 2 is 2.19 bits per heavy atom. The van der Waals surface area contributed by atoms with Gasteiger partial charge in [-0.25, -0.2) is 0 Å². The Balaban J connectivity index is 2.56. The first-order valence-corrected chi connectivity index (χ1v) is 5.54. The third-order valence-electron chi connectivity index (χ3n) is 2.19. The van der Waals surface area contributed by atoms with E-state index < -0.39 is 0 Å². The van der Waals surface area contributed by atoms with Gasteiger partial charge in [0.1, 0.15) is 5.75 Å². The van der Waals surface area contributed by atoms with E-state index >= 15 is 0 Å². The van der Waals surface area contributed by atoms with Gasteiger partial charge >= 0.3 is 0 Å². The molecule has 0 atom stereocenters. The van der Waals surface area contributed by atoms with Crippen LogP contribution in [-0.4, -0.2) is 19.6 Å². The lowest BCUT2D eigenvalue weighted by Gasteiger charge is -2.08. The maximum absolute atomic E-state index is 11.0. The number of carbonyl (C=O) groups excluding carboxylic acids is 1. The molecule has 0 heterocycles. The molecule has 0 aliphatic rings. The molecule has 0 radical (unpaired) electrons. The Labute approximate surface area is 96.8 Å². The highest BCUT2D eigenvalue weighted by atomic mass is 16.5. The van der Waals surface area contributed by atoms with Gasteiger partial charge in [-0.05, 0) is 30.0 Å². The Morgan fingerprint density at radius 1 is 1.44 bits per heavy atom. The van der Waals surface area contributed by atoms with Crippen LogP contribution < -0.4 is 10.1 Å². The first-order valence-electron chi connectivity index (χ1n) is 5.54. The number of hydrogen-bond acceptors (Lipinski definition) is 2. The monoisotopic (exact) mass is 221 g/mol. The van der Waals surface area contributed by atoms with E-state index in [-0.39, 0.29) is 12.5 Å². The molecule has 1 aromatic rings. The van der Waals surface area contributed by atoms with Gasteiger partial charge in [0.2, 0.25) is 0 Å². The molecular formula is C13H19NO2. The van der Waals surface area contributed by atoms with Crippen molar-refractivity contribution in [1.82, 2.24) is 5.32 Å². The highest BCUT2D eigenvalue weighted by Crippen LogP contribution is 2.16. The standard InChI is InChI=1S/C13H19NO2/c1-10(2)7-11-5-4-6-12(8-11)16-9-13(15)14-3/h4-6,8,10H,7,9H2,1-3H3,(H,14,15). The maximum atomic E-state index is 11.0.